The second-order valence-electron chi connectivity index (χ2n) is 6.75. The first-order valence-corrected chi connectivity index (χ1v) is 8.70. The molecule has 1 fully saturated rings. The van der Waals surface area contributed by atoms with Gasteiger partial charge in [0.2, 0.25) is 11.8 Å². The third kappa shape index (κ3) is 3.71. The fourth-order valence-corrected chi connectivity index (χ4v) is 3.06. The molecule has 3 N–H and O–H groups in total. The van der Waals surface area contributed by atoms with Gasteiger partial charge in [0.15, 0.2) is 0 Å². The molecule has 0 spiro atoms. The molecular weight excluding hydrogens is 334 g/mol. The maximum atomic E-state index is 11.8. The van der Waals surface area contributed by atoms with Crippen LogP contribution in [0.1, 0.15) is 44.0 Å². The van der Waals surface area contributed by atoms with E-state index < -0.39 is 5.91 Å². The molecule has 26 heavy (non-hydrogen) atoms. The summed E-state index contributed by atoms with van der Waals surface area (Å²) in [5, 5.41) is 4.41. The number of nitrogens with one attached hydrogen (secondary N) is 1. The van der Waals surface area contributed by atoms with Crippen LogP contribution in [0.3, 0.4) is 0 Å². The number of aromatic nitrogens is 1. The standard InChI is InChI=1S/C19H23N3O4/c1-10(2)25-16-9-13-12(8-14(16)18(20)24)6-7-21-19(13)26-11(3)15-4-5-17(23)22-15/h6-11,15H,4-5H2,1-3H3,(H2,20,24)(H,22,23)/t11-,15-/m0/s1. The van der Waals surface area contributed by atoms with Crippen molar-refractivity contribution < 1.29 is 19.1 Å². The lowest BCUT2D eigenvalue weighted by atomic mass is 10.1. The first-order chi connectivity index (χ1) is 12.3. The van der Waals surface area contributed by atoms with Gasteiger partial charge in [-0.05, 0) is 50.8 Å². The van der Waals surface area contributed by atoms with Crippen LogP contribution in [0.15, 0.2) is 24.4 Å². The number of hydrogen-bond acceptors (Lipinski definition) is 5. The molecule has 7 nitrogen and oxygen atoms in total. The van der Waals surface area contributed by atoms with E-state index in [1.165, 1.54) is 0 Å². The minimum Gasteiger partial charge on any atom is -0.490 e. The second-order valence-corrected chi connectivity index (χ2v) is 6.75. The van der Waals surface area contributed by atoms with Gasteiger partial charge in [-0.1, -0.05) is 0 Å². The van der Waals surface area contributed by atoms with Crippen molar-refractivity contribution in [3.63, 3.8) is 0 Å². The van der Waals surface area contributed by atoms with E-state index in [0.29, 0.717) is 23.6 Å². The zero-order chi connectivity index (χ0) is 18.8. The van der Waals surface area contributed by atoms with Crippen LogP contribution in [-0.4, -0.2) is 35.0 Å². The van der Waals surface area contributed by atoms with Gasteiger partial charge < -0.3 is 20.5 Å². The third-order valence-corrected chi connectivity index (χ3v) is 4.35. The molecule has 0 aliphatic carbocycles. The minimum absolute atomic E-state index is 0.0371. The molecular formula is C19H23N3O4. The maximum Gasteiger partial charge on any atom is 0.252 e. The lowest BCUT2D eigenvalue weighted by molar-refractivity contribution is -0.119. The molecule has 0 saturated carbocycles. The number of carbonyl (C=O) groups excluding carboxylic acids is 2. The number of nitrogens with two attached hydrogens (primary N) is 1. The van der Waals surface area contributed by atoms with E-state index in [-0.39, 0.29) is 24.2 Å². The molecule has 1 aliphatic rings. The number of carbonyl (C=O) groups is 2. The number of rotatable bonds is 6. The first-order valence-electron chi connectivity index (χ1n) is 8.70. The Bertz CT molecular complexity index is 850. The fraction of sp³-hybridized carbons (Fsp3) is 0.421. The Labute approximate surface area is 151 Å². The summed E-state index contributed by atoms with van der Waals surface area (Å²) in [6.07, 6.45) is 2.52. The van der Waals surface area contributed by atoms with E-state index in [2.05, 4.69) is 10.3 Å². The van der Waals surface area contributed by atoms with Crippen LogP contribution >= 0.6 is 0 Å². The quantitative estimate of drug-likeness (QED) is 0.824. The number of fused-ring (bicyclic) bond motifs is 1. The van der Waals surface area contributed by atoms with Gasteiger partial charge in [0.1, 0.15) is 11.9 Å². The molecule has 1 saturated heterocycles. The zero-order valence-corrected chi connectivity index (χ0v) is 15.1. The van der Waals surface area contributed by atoms with Crippen LogP contribution in [-0.2, 0) is 4.79 Å². The molecule has 1 aromatic carbocycles. The number of primary amides is 1. The topological polar surface area (TPSA) is 104 Å². The van der Waals surface area contributed by atoms with Crippen LogP contribution < -0.4 is 20.5 Å². The predicted molar refractivity (Wildman–Crippen MR) is 97.3 cm³/mol. The first kappa shape index (κ1) is 18.0. The summed E-state index contributed by atoms with van der Waals surface area (Å²) < 4.78 is 11.8. The van der Waals surface area contributed by atoms with Crippen molar-refractivity contribution in [3.05, 3.63) is 30.0 Å². The Morgan fingerprint density at radius 3 is 2.69 bits per heavy atom. The van der Waals surface area contributed by atoms with E-state index in [0.717, 1.165) is 17.2 Å². The smallest absolute Gasteiger partial charge is 0.252 e. The van der Waals surface area contributed by atoms with Crippen molar-refractivity contribution in [1.82, 2.24) is 10.3 Å². The highest BCUT2D eigenvalue weighted by molar-refractivity contribution is 6.01. The van der Waals surface area contributed by atoms with E-state index in [4.69, 9.17) is 15.2 Å². The molecule has 3 rings (SSSR count). The summed E-state index contributed by atoms with van der Waals surface area (Å²) >= 11 is 0. The summed E-state index contributed by atoms with van der Waals surface area (Å²) in [6, 6.07) is 5.16. The number of benzene rings is 1. The van der Waals surface area contributed by atoms with Gasteiger partial charge in [-0.2, -0.15) is 0 Å². The van der Waals surface area contributed by atoms with E-state index in [9.17, 15) is 9.59 Å². The summed E-state index contributed by atoms with van der Waals surface area (Å²) in [4.78, 5) is 27.5. The average molecular weight is 357 g/mol. The van der Waals surface area contributed by atoms with Crippen LogP contribution in [0.5, 0.6) is 11.6 Å². The summed E-state index contributed by atoms with van der Waals surface area (Å²) in [7, 11) is 0. The number of ether oxygens (including phenoxy) is 2. The van der Waals surface area contributed by atoms with Crippen LogP contribution in [0.25, 0.3) is 10.8 Å². The van der Waals surface area contributed by atoms with E-state index in [1.54, 1.807) is 24.4 Å². The van der Waals surface area contributed by atoms with Gasteiger partial charge in [0, 0.05) is 18.0 Å². The van der Waals surface area contributed by atoms with Crippen molar-refractivity contribution in [2.75, 3.05) is 0 Å². The van der Waals surface area contributed by atoms with Crippen molar-refractivity contribution in [2.24, 2.45) is 5.73 Å². The van der Waals surface area contributed by atoms with E-state index in [1.807, 2.05) is 20.8 Å². The molecule has 7 heteroatoms. The lowest BCUT2D eigenvalue weighted by Gasteiger charge is -2.21. The van der Waals surface area contributed by atoms with E-state index >= 15 is 0 Å². The molecule has 1 aromatic heterocycles. The van der Waals surface area contributed by atoms with Crippen molar-refractivity contribution >= 4 is 22.6 Å². The predicted octanol–water partition coefficient (Wildman–Crippen LogP) is 2.17. The molecule has 138 valence electrons. The van der Waals surface area contributed by atoms with Gasteiger partial charge >= 0.3 is 0 Å². The third-order valence-electron chi connectivity index (χ3n) is 4.35. The molecule has 1 aliphatic heterocycles. The lowest BCUT2D eigenvalue weighted by Crippen LogP contribution is -2.38. The SMILES string of the molecule is CC(C)Oc1cc2c(O[C@@H](C)[C@@H]3CCC(=O)N3)nccc2cc1C(N)=O. The summed E-state index contributed by atoms with van der Waals surface area (Å²) in [5.74, 6) is 0.319. The Balaban J connectivity index is 1.97. The highest BCUT2D eigenvalue weighted by Gasteiger charge is 2.28. The monoisotopic (exact) mass is 357 g/mol. The number of amides is 2. The van der Waals surface area contributed by atoms with Gasteiger partial charge in [0.25, 0.3) is 5.91 Å². The van der Waals surface area contributed by atoms with Crippen LogP contribution in [0, 0.1) is 0 Å². The number of hydrogen-bond donors (Lipinski definition) is 2. The van der Waals surface area contributed by atoms with Gasteiger partial charge in [-0.3, -0.25) is 9.59 Å². The summed E-state index contributed by atoms with van der Waals surface area (Å²) in [6.45, 7) is 5.65. The molecule has 2 amide bonds. The molecule has 2 aromatic rings. The summed E-state index contributed by atoms with van der Waals surface area (Å²) in [5.41, 5.74) is 5.81. The molecule has 0 unspecified atom stereocenters. The molecule has 2 atom stereocenters. The average Bonchev–Trinajstić information content (AvgIpc) is 3.00. The number of pyridine rings is 1. The highest BCUT2D eigenvalue weighted by atomic mass is 16.5. The van der Waals surface area contributed by atoms with Crippen molar-refractivity contribution in [3.8, 4) is 11.6 Å². The largest absolute Gasteiger partial charge is 0.490 e. The maximum absolute atomic E-state index is 11.8. The second kappa shape index (κ2) is 7.19. The minimum atomic E-state index is -0.552. The van der Waals surface area contributed by atoms with Crippen LogP contribution in [0.4, 0.5) is 0 Å². The van der Waals surface area contributed by atoms with Crippen molar-refractivity contribution in [2.45, 2.75) is 51.9 Å². The molecule has 0 bridgehead atoms. The van der Waals surface area contributed by atoms with Crippen molar-refractivity contribution in [1.29, 1.82) is 0 Å². The normalized spacial score (nSPS) is 18.0. The Morgan fingerprint density at radius 1 is 1.31 bits per heavy atom. The molecule has 2 heterocycles. The van der Waals surface area contributed by atoms with Gasteiger partial charge in [0.05, 0.1) is 17.7 Å². The Kier molecular flexibility index (Phi) is 4.97. The Hall–Kier alpha value is -2.83. The van der Waals surface area contributed by atoms with Gasteiger partial charge in [-0.25, -0.2) is 4.98 Å². The fourth-order valence-electron chi connectivity index (χ4n) is 3.06. The molecule has 0 radical (unpaired) electrons. The Morgan fingerprint density at radius 2 is 2.08 bits per heavy atom. The van der Waals surface area contributed by atoms with Crippen LogP contribution in [0.2, 0.25) is 0 Å². The number of nitrogens with zero attached hydrogens (tertiary/aromatic N) is 1. The highest BCUT2D eigenvalue weighted by Crippen LogP contribution is 2.32. The zero-order valence-electron chi connectivity index (χ0n) is 15.1. The van der Waals surface area contributed by atoms with Gasteiger partial charge in [-0.15, -0.1) is 0 Å².